The van der Waals surface area contributed by atoms with Gasteiger partial charge in [-0.25, -0.2) is 0 Å². The van der Waals surface area contributed by atoms with Gasteiger partial charge in [-0.2, -0.15) is 0 Å². The van der Waals surface area contributed by atoms with Gasteiger partial charge in [0.05, 0.1) is 6.61 Å². The van der Waals surface area contributed by atoms with Crippen LogP contribution in [-0.4, -0.2) is 64.5 Å². The van der Waals surface area contributed by atoms with Crippen LogP contribution in [0.4, 0.5) is 0 Å². The summed E-state index contributed by atoms with van der Waals surface area (Å²) < 4.78 is 10.6. The van der Waals surface area contributed by atoms with Crippen molar-refractivity contribution in [3.05, 3.63) is 0 Å². The molecule has 20 heavy (non-hydrogen) atoms. The summed E-state index contributed by atoms with van der Waals surface area (Å²) in [6.45, 7) is 5.92. The molecule has 2 aliphatic rings. The van der Waals surface area contributed by atoms with Crippen LogP contribution >= 0.6 is 0 Å². The quantitative estimate of drug-likeness (QED) is 0.456. The predicted molar refractivity (Wildman–Crippen MR) is 81.1 cm³/mol. The van der Waals surface area contributed by atoms with Gasteiger partial charge in [0, 0.05) is 52.4 Å². The minimum atomic E-state index is 0.399. The molecule has 1 atom stereocenters. The first-order valence-corrected chi connectivity index (χ1v) is 7.82. The molecule has 0 saturated carbocycles. The molecule has 1 unspecified atom stereocenters. The van der Waals surface area contributed by atoms with Crippen molar-refractivity contribution in [2.75, 3.05) is 53.6 Å². The summed E-state index contributed by atoms with van der Waals surface area (Å²) in [5.74, 6) is 1.06. The van der Waals surface area contributed by atoms with Crippen LogP contribution in [0.25, 0.3) is 0 Å². The molecule has 0 aromatic carbocycles. The topological polar surface area (TPSA) is 46.1 Å². The lowest BCUT2D eigenvalue weighted by atomic mass is 9.87. The Labute approximate surface area is 122 Å². The van der Waals surface area contributed by atoms with Crippen molar-refractivity contribution < 1.29 is 9.47 Å². The Kier molecular flexibility index (Phi) is 6.10. The second-order valence-corrected chi connectivity index (χ2v) is 6.00. The zero-order chi connectivity index (χ0) is 14.3. The molecule has 5 heteroatoms. The number of guanidine groups is 1. The van der Waals surface area contributed by atoms with E-state index in [4.69, 9.17) is 9.47 Å². The van der Waals surface area contributed by atoms with Gasteiger partial charge in [0.25, 0.3) is 0 Å². The van der Waals surface area contributed by atoms with Gasteiger partial charge in [0.2, 0.25) is 0 Å². The number of hydrogen-bond acceptors (Lipinski definition) is 3. The molecule has 2 aliphatic heterocycles. The molecule has 1 N–H and O–H groups in total. The Hall–Kier alpha value is -0.810. The second-order valence-electron chi connectivity index (χ2n) is 6.00. The van der Waals surface area contributed by atoms with Gasteiger partial charge in [-0.1, -0.05) is 0 Å². The number of likely N-dealkylation sites (tertiary alicyclic amines) is 1. The van der Waals surface area contributed by atoms with Crippen molar-refractivity contribution in [2.45, 2.75) is 32.1 Å². The van der Waals surface area contributed by atoms with Gasteiger partial charge in [0.15, 0.2) is 5.96 Å². The van der Waals surface area contributed by atoms with E-state index in [1.165, 1.54) is 25.7 Å². The summed E-state index contributed by atoms with van der Waals surface area (Å²) in [6.07, 6.45) is 5.96. The van der Waals surface area contributed by atoms with E-state index in [1.807, 2.05) is 7.05 Å². The van der Waals surface area contributed by atoms with E-state index < -0.39 is 0 Å². The highest BCUT2D eigenvalue weighted by Crippen LogP contribution is 2.38. The highest BCUT2D eigenvalue weighted by Gasteiger charge is 2.42. The van der Waals surface area contributed by atoms with Crippen LogP contribution < -0.4 is 5.32 Å². The van der Waals surface area contributed by atoms with Gasteiger partial charge in [-0.05, 0) is 32.1 Å². The molecule has 5 nitrogen and oxygen atoms in total. The van der Waals surface area contributed by atoms with E-state index in [0.29, 0.717) is 5.41 Å². The third-order valence-electron chi connectivity index (χ3n) is 4.44. The number of nitrogens with one attached hydrogen (secondary N) is 1. The van der Waals surface area contributed by atoms with Gasteiger partial charge in [-0.3, -0.25) is 4.99 Å². The van der Waals surface area contributed by atoms with E-state index >= 15 is 0 Å². The zero-order valence-electron chi connectivity index (χ0n) is 13.0. The summed E-state index contributed by atoms with van der Waals surface area (Å²) in [5, 5.41) is 3.49. The SMILES string of the molecule is CN=C(NCCCCCOC)N1CCC2(CCOC2)C1. The maximum atomic E-state index is 5.58. The molecular formula is C15H29N3O2. The Balaban J connectivity index is 1.67. The number of unbranched alkanes of at least 4 members (excludes halogenated alkanes) is 2. The van der Waals surface area contributed by atoms with E-state index in [9.17, 15) is 0 Å². The Bertz CT molecular complexity index is 314. The third-order valence-corrected chi connectivity index (χ3v) is 4.44. The van der Waals surface area contributed by atoms with Crippen molar-refractivity contribution in [1.29, 1.82) is 0 Å². The molecular weight excluding hydrogens is 254 g/mol. The summed E-state index contributed by atoms with van der Waals surface area (Å²) in [7, 11) is 3.64. The van der Waals surface area contributed by atoms with E-state index in [0.717, 1.165) is 51.8 Å². The van der Waals surface area contributed by atoms with Crippen LogP contribution in [0.2, 0.25) is 0 Å². The normalized spacial score (nSPS) is 26.7. The Morgan fingerprint density at radius 3 is 2.95 bits per heavy atom. The minimum absolute atomic E-state index is 0.399. The van der Waals surface area contributed by atoms with Gasteiger partial charge >= 0.3 is 0 Å². The monoisotopic (exact) mass is 283 g/mol. The fourth-order valence-corrected chi connectivity index (χ4v) is 3.17. The average molecular weight is 283 g/mol. The number of ether oxygens (including phenoxy) is 2. The first-order valence-electron chi connectivity index (χ1n) is 7.82. The number of aliphatic imine (C=N–C) groups is 1. The van der Waals surface area contributed by atoms with Crippen molar-refractivity contribution in [3.8, 4) is 0 Å². The molecule has 0 aliphatic carbocycles. The van der Waals surface area contributed by atoms with Gasteiger partial charge < -0.3 is 19.7 Å². The largest absolute Gasteiger partial charge is 0.385 e. The van der Waals surface area contributed by atoms with Crippen molar-refractivity contribution in [3.63, 3.8) is 0 Å². The summed E-state index contributed by atoms with van der Waals surface area (Å²) >= 11 is 0. The van der Waals surface area contributed by atoms with Crippen molar-refractivity contribution in [2.24, 2.45) is 10.4 Å². The third kappa shape index (κ3) is 4.09. The van der Waals surface area contributed by atoms with Crippen LogP contribution in [0.15, 0.2) is 4.99 Å². The Morgan fingerprint density at radius 1 is 1.35 bits per heavy atom. The Morgan fingerprint density at radius 2 is 2.25 bits per heavy atom. The molecule has 116 valence electrons. The second kappa shape index (κ2) is 7.84. The first-order chi connectivity index (χ1) is 9.79. The van der Waals surface area contributed by atoms with Crippen LogP contribution in [-0.2, 0) is 9.47 Å². The average Bonchev–Trinajstić information content (AvgIpc) is 3.09. The molecule has 2 fully saturated rings. The molecule has 2 saturated heterocycles. The van der Waals surface area contributed by atoms with Crippen LogP contribution in [0.1, 0.15) is 32.1 Å². The lowest BCUT2D eigenvalue weighted by molar-refractivity contribution is 0.156. The number of methoxy groups -OCH3 is 1. The standard InChI is InChI=1S/C15H29N3O2/c1-16-14(17-8-4-3-5-10-19-2)18-9-6-15(12-18)7-11-20-13-15/h3-13H2,1-2H3,(H,16,17). The van der Waals surface area contributed by atoms with E-state index in [1.54, 1.807) is 7.11 Å². The molecule has 0 bridgehead atoms. The van der Waals surface area contributed by atoms with Gasteiger partial charge in [0.1, 0.15) is 0 Å². The smallest absolute Gasteiger partial charge is 0.193 e. The van der Waals surface area contributed by atoms with Crippen LogP contribution in [0, 0.1) is 5.41 Å². The first kappa shape index (κ1) is 15.6. The van der Waals surface area contributed by atoms with E-state index in [-0.39, 0.29) is 0 Å². The predicted octanol–water partition coefficient (Wildman–Crippen LogP) is 1.49. The highest BCUT2D eigenvalue weighted by atomic mass is 16.5. The lowest BCUT2D eigenvalue weighted by Crippen LogP contribution is -2.41. The maximum absolute atomic E-state index is 5.58. The van der Waals surface area contributed by atoms with E-state index in [2.05, 4.69) is 15.2 Å². The molecule has 0 radical (unpaired) electrons. The molecule has 0 aromatic heterocycles. The minimum Gasteiger partial charge on any atom is -0.385 e. The molecule has 2 rings (SSSR count). The summed E-state index contributed by atoms with van der Waals surface area (Å²) in [6, 6.07) is 0. The van der Waals surface area contributed by atoms with Gasteiger partial charge in [-0.15, -0.1) is 0 Å². The maximum Gasteiger partial charge on any atom is 0.193 e. The van der Waals surface area contributed by atoms with Crippen LogP contribution in [0.5, 0.6) is 0 Å². The number of rotatable bonds is 6. The zero-order valence-corrected chi connectivity index (χ0v) is 13.0. The molecule has 2 heterocycles. The molecule has 1 spiro atoms. The lowest BCUT2D eigenvalue weighted by Gasteiger charge is -2.24. The van der Waals surface area contributed by atoms with Crippen LogP contribution in [0.3, 0.4) is 0 Å². The van der Waals surface area contributed by atoms with Crippen molar-refractivity contribution >= 4 is 5.96 Å². The summed E-state index contributed by atoms with van der Waals surface area (Å²) in [4.78, 5) is 6.82. The number of nitrogens with zero attached hydrogens (tertiary/aromatic N) is 2. The fraction of sp³-hybridized carbons (Fsp3) is 0.933. The van der Waals surface area contributed by atoms with Crippen molar-refractivity contribution in [1.82, 2.24) is 10.2 Å². The number of hydrogen-bond donors (Lipinski definition) is 1. The highest BCUT2D eigenvalue weighted by molar-refractivity contribution is 5.80. The molecule has 0 aromatic rings. The fourth-order valence-electron chi connectivity index (χ4n) is 3.17. The molecule has 0 amide bonds. The summed E-state index contributed by atoms with van der Waals surface area (Å²) in [5.41, 5.74) is 0.399.